The molecule has 8 heteroatoms. The zero-order valence-corrected chi connectivity index (χ0v) is 15.3. The molecule has 1 heterocycles. The summed E-state index contributed by atoms with van der Waals surface area (Å²) in [5, 5.41) is 6.52. The number of ether oxygens (including phenoxy) is 1. The Morgan fingerprint density at radius 2 is 2.11 bits per heavy atom. The zero-order chi connectivity index (χ0) is 19.6. The van der Waals surface area contributed by atoms with Crippen LogP contribution in [0.4, 0.5) is 13.2 Å². The third-order valence-corrected chi connectivity index (χ3v) is 4.68. The molecule has 0 aliphatic heterocycles. The summed E-state index contributed by atoms with van der Waals surface area (Å²) >= 11 is 0. The lowest BCUT2D eigenvalue weighted by Crippen LogP contribution is -2.26. The van der Waals surface area contributed by atoms with Crippen LogP contribution in [0.2, 0.25) is 0 Å². The first kappa shape index (κ1) is 19.3. The van der Waals surface area contributed by atoms with Crippen molar-refractivity contribution in [3.63, 3.8) is 0 Å². The number of amides is 1. The summed E-state index contributed by atoms with van der Waals surface area (Å²) in [5.41, 5.74) is 1.06. The Hall–Kier alpha value is -2.51. The van der Waals surface area contributed by atoms with Gasteiger partial charge in [-0.05, 0) is 44.4 Å². The molecular formula is C19H22F3N3O2. The molecule has 1 aromatic heterocycles. The monoisotopic (exact) mass is 381 g/mol. The number of methoxy groups -OCH3 is 1. The fraction of sp³-hybridized carbons (Fsp3) is 0.474. The molecule has 146 valence electrons. The molecule has 1 aliphatic rings. The van der Waals surface area contributed by atoms with Crippen LogP contribution in [0.1, 0.15) is 52.5 Å². The molecule has 0 spiro atoms. The van der Waals surface area contributed by atoms with Gasteiger partial charge in [0.2, 0.25) is 0 Å². The van der Waals surface area contributed by atoms with E-state index in [1.54, 1.807) is 32.2 Å². The molecule has 5 nitrogen and oxygen atoms in total. The summed E-state index contributed by atoms with van der Waals surface area (Å²) in [5.74, 6) is 0.570. The molecule has 1 saturated carbocycles. The van der Waals surface area contributed by atoms with Crippen molar-refractivity contribution in [1.82, 2.24) is 15.1 Å². The van der Waals surface area contributed by atoms with Crippen molar-refractivity contribution in [3.8, 4) is 5.75 Å². The first-order valence-electron chi connectivity index (χ1n) is 8.88. The zero-order valence-electron chi connectivity index (χ0n) is 15.3. The number of halogens is 3. The Kier molecular flexibility index (Phi) is 5.43. The molecular weight excluding hydrogens is 359 g/mol. The van der Waals surface area contributed by atoms with Gasteiger partial charge in [0.15, 0.2) is 5.69 Å². The van der Waals surface area contributed by atoms with E-state index >= 15 is 0 Å². The SMILES string of the molecule is COc1cccc(C(=O)NCCCn2nc(C(F)(F)F)cc2C2CC2)c1C. The highest BCUT2D eigenvalue weighted by molar-refractivity contribution is 5.96. The number of hydrogen-bond donors (Lipinski definition) is 1. The lowest BCUT2D eigenvalue weighted by Gasteiger charge is -2.11. The number of carbonyl (C=O) groups is 1. The molecule has 0 bridgehead atoms. The van der Waals surface area contributed by atoms with Crippen LogP contribution in [0.15, 0.2) is 24.3 Å². The Morgan fingerprint density at radius 1 is 1.37 bits per heavy atom. The highest BCUT2D eigenvalue weighted by atomic mass is 19.4. The third-order valence-electron chi connectivity index (χ3n) is 4.68. The topological polar surface area (TPSA) is 56.1 Å². The minimum Gasteiger partial charge on any atom is -0.496 e. The highest BCUT2D eigenvalue weighted by Gasteiger charge is 2.37. The fourth-order valence-corrected chi connectivity index (χ4v) is 3.06. The van der Waals surface area contributed by atoms with Crippen LogP contribution in [-0.2, 0) is 12.7 Å². The minimum atomic E-state index is -4.44. The van der Waals surface area contributed by atoms with Crippen molar-refractivity contribution < 1.29 is 22.7 Å². The van der Waals surface area contributed by atoms with Gasteiger partial charge in [-0.2, -0.15) is 18.3 Å². The number of nitrogens with one attached hydrogen (secondary N) is 1. The molecule has 27 heavy (non-hydrogen) atoms. The van der Waals surface area contributed by atoms with Gasteiger partial charge in [0.05, 0.1) is 7.11 Å². The predicted octanol–water partition coefficient (Wildman–Crippen LogP) is 3.92. The standard InChI is InChI=1S/C19H22F3N3O2/c1-12-14(5-3-6-16(12)27-2)18(26)23-9-4-10-25-15(13-7-8-13)11-17(24-25)19(20,21)22/h3,5-6,11,13H,4,7-10H2,1-2H3,(H,23,26). The van der Waals surface area contributed by atoms with E-state index in [1.165, 1.54) is 4.68 Å². The summed E-state index contributed by atoms with van der Waals surface area (Å²) in [6.45, 7) is 2.48. The van der Waals surface area contributed by atoms with Crippen LogP contribution in [0.3, 0.4) is 0 Å². The van der Waals surface area contributed by atoms with E-state index in [0.29, 0.717) is 36.5 Å². The molecule has 1 amide bonds. The van der Waals surface area contributed by atoms with Gasteiger partial charge in [0.1, 0.15) is 5.75 Å². The number of aromatic nitrogens is 2. The van der Waals surface area contributed by atoms with Gasteiger partial charge in [-0.3, -0.25) is 9.48 Å². The van der Waals surface area contributed by atoms with Crippen molar-refractivity contribution in [2.24, 2.45) is 0 Å². The van der Waals surface area contributed by atoms with E-state index < -0.39 is 11.9 Å². The summed E-state index contributed by atoms with van der Waals surface area (Å²) in [6.07, 6.45) is -2.15. The van der Waals surface area contributed by atoms with E-state index in [0.717, 1.165) is 24.5 Å². The maximum absolute atomic E-state index is 12.9. The average molecular weight is 381 g/mol. The number of carbonyl (C=O) groups excluding carboxylic acids is 1. The number of hydrogen-bond acceptors (Lipinski definition) is 3. The Balaban J connectivity index is 1.58. The lowest BCUT2D eigenvalue weighted by molar-refractivity contribution is -0.141. The number of nitrogens with zero attached hydrogens (tertiary/aromatic N) is 2. The van der Waals surface area contributed by atoms with Crippen LogP contribution in [0, 0.1) is 6.92 Å². The highest BCUT2D eigenvalue weighted by Crippen LogP contribution is 2.42. The largest absolute Gasteiger partial charge is 0.496 e. The summed E-state index contributed by atoms with van der Waals surface area (Å²) < 4.78 is 45.4. The van der Waals surface area contributed by atoms with Gasteiger partial charge in [-0.25, -0.2) is 0 Å². The number of benzene rings is 1. The van der Waals surface area contributed by atoms with Gasteiger partial charge in [-0.15, -0.1) is 0 Å². The lowest BCUT2D eigenvalue weighted by atomic mass is 10.1. The van der Waals surface area contributed by atoms with E-state index in [4.69, 9.17) is 4.74 Å². The Morgan fingerprint density at radius 3 is 2.74 bits per heavy atom. The van der Waals surface area contributed by atoms with Crippen LogP contribution in [-0.4, -0.2) is 29.3 Å². The van der Waals surface area contributed by atoms with Crippen molar-refractivity contribution in [2.45, 2.75) is 44.8 Å². The molecule has 0 atom stereocenters. The van der Waals surface area contributed by atoms with Gasteiger partial charge in [0.25, 0.3) is 5.91 Å². The van der Waals surface area contributed by atoms with Crippen LogP contribution < -0.4 is 10.1 Å². The molecule has 1 aromatic carbocycles. The van der Waals surface area contributed by atoms with E-state index in [-0.39, 0.29) is 11.8 Å². The van der Waals surface area contributed by atoms with Crippen molar-refractivity contribution >= 4 is 5.91 Å². The fourth-order valence-electron chi connectivity index (χ4n) is 3.06. The smallest absolute Gasteiger partial charge is 0.435 e. The van der Waals surface area contributed by atoms with Gasteiger partial charge in [0, 0.05) is 35.8 Å². The molecule has 1 fully saturated rings. The van der Waals surface area contributed by atoms with E-state index in [2.05, 4.69) is 10.4 Å². The van der Waals surface area contributed by atoms with Crippen LogP contribution >= 0.6 is 0 Å². The van der Waals surface area contributed by atoms with Crippen molar-refractivity contribution in [2.75, 3.05) is 13.7 Å². The molecule has 0 radical (unpaired) electrons. The normalized spacial score (nSPS) is 14.3. The number of aryl methyl sites for hydroxylation is 1. The summed E-state index contributed by atoms with van der Waals surface area (Å²) in [7, 11) is 1.54. The maximum atomic E-state index is 12.9. The third kappa shape index (κ3) is 4.43. The van der Waals surface area contributed by atoms with Crippen molar-refractivity contribution in [1.29, 1.82) is 0 Å². The Labute approximate surface area is 155 Å². The van der Waals surface area contributed by atoms with E-state index in [1.807, 2.05) is 0 Å². The first-order valence-corrected chi connectivity index (χ1v) is 8.88. The van der Waals surface area contributed by atoms with E-state index in [9.17, 15) is 18.0 Å². The Bertz CT molecular complexity index is 826. The summed E-state index contributed by atoms with van der Waals surface area (Å²) in [6, 6.07) is 6.38. The van der Waals surface area contributed by atoms with Gasteiger partial charge >= 0.3 is 6.18 Å². The number of rotatable bonds is 7. The number of alkyl halides is 3. The molecule has 1 N–H and O–H groups in total. The minimum absolute atomic E-state index is 0.169. The van der Waals surface area contributed by atoms with Gasteiger partial charge < -0.3 is 10.1 Å². The average Bonchev–Trinajstić information content (AvgIpc) is 3.37. The second-order valence-corrected chi connectivity index (χ2v) is 6.69. The van der Waals surface area contributed by atoms with Crippen LogP contribution in [0.25, 0.3) is 0 Å². The molecule has 0 saturated heterocycles. The quantitative estimate of drug-likeness (QED) is 0.740. The molecule has 1 aliphatic carbocycles. The second kappa shape index (κ2) is 7.62. The molecule has 2 aromatic rings. The van der Waals surface area contributed by atoms with Crippen LogP contribution in [0.5, 0.6) is 5.75 Å². The molecule has 3 rings (SSSR count). The first-order chi connectivity index (χ1) is 12.8. The maximum Gasteiger partial charge on any atom is 0.435 e. The molecule has 0 unspecified atom stereocenters. The van der Waals surface area contributed by atoms with Gasteiger partial charge in [-0.1, -0.05) is 6.07 Å². The van der Waals surface area contributed by atoms with Crippen molar-refractivity contribution in [3.05, 3.63) is 46.8 Å². The predicted molar refractivity (Wildman–Crippen MR) is 93.9 cm³/mol. The second-order valence-electron chi connectivity index (χ2n) is 6.69. The summed E-state index contributed by atoms with van der Waals surface area (Å²) in [4.78, 5) is 12.3.